The Balaban J connectivity index is 1.85. The Morgan fingerprint density at radius 1 is 1.38 bits per heavy atom. The maximum atomic E-state index is 11.9. The summed E-state index contributed by atoms with van der Waals surface area (Å²) in [5, 5.41) is 9.39. The molecule has 112 valence electrons. The van der Waals surface area contributed by atoms with Crippen molar-refractivity contribution < 1.29 is 18.3 Å². The zero-order valence-corrected chi connectivity index (χ0v) is 11.2. The van der Waals surface area contributed by atoms with Crippen molar-refractivity contribution >= 4 is 11.6 Å². The number of carbonyl (C=O) groups excluding carboxylic acids is 1. The molecule has 0 atom stereocenters. The third-order valence-electron chi connectivity index (χ3n) is 2.68. The normalized spacial score (nSPS) is 10.8. The van der Waals surface area contributed by atoms with Crippen LogP contribution in [0.25, 0.3) is 11.3 Å². The summed E-state index contributed by atoms with van der Waals surface area (Å²) in [6.45, 7) is -0.682. The summed E-state index contributed by atoms with van der Waals surface area (Å²) in [6, 6.07) is 9.05. The van der Waals surface area contributed by atoms with Gasteiger partial charge < -0.3 is 10.1 Å². The third-order valence-corrected chi connectivity index (χ3v) is 2.68. The number of hydrogen-bond donors (Lipinski definition) is 2. The molecule has 7 heteroatoms. The zero-order chi connectivity index (χ0) is 15.1. The van der Waals surface area contributed by atoms with Crippen LogP contribution >= 0.6 is 0 Å². The van der Waals surface area contributed by atoms with Gasteiger partial charge in [0, 0.05) is 17.4 Å². The number of nitrogens with one attached hydrogen (secondary N) is 2. The number of H-pyrrole nitrogens is 1. The smallest absolute Gasteiger partial charge is 0.261 e. The van der Waals surface area contributed by atoms with E-state index >= 15 is 0 Å². The van der Waals surface area contributed by atoms with Crippen LogP contribution in [-0.2, 0) is 9.53 Å². The number of ether oxygens (including phenoxy) is 1. The minimum Gasteiger partial charge on any atom is -0.375 e. The largest absolute Gasteiger partial charge is 0.375 e. The van der Waals surface area contributed by atoms with E-state index in [-0.39, 0.29) is 18.9 Å². The van der Waals surface area contributed by atoms with Crippen LogP contribution in [0, 0.1) is 0 Å². The Kier molecular flexibility index (Phi) is 5.39. The monoisotopic (exact) mass is 295 g/mol. The first kappa shape index (κ1) is 15.1. The van der Waals surface area contributed by atoms with E-state index in [2.05, 4.69) is 20.3 Å². The number of aromatic amines is 1. The predicted molar refractivity (Wildman–Crippen MR) is 74.1 cm³/mol. The molecule has 2 aromatic rings. The van der Waals surface area contributed by atoms with Gasteiger partial charge >= 0.3 is 0 Å². The van der Waals surface area contributed by atoms with Gasteiger partial charge in [-0.25, -0.2) is 8.78 Å². The fraction of sp³-hybridized carbons (Fsp3) is 0.286. The topological polar surface area (TPSA) is 67.0 Å². The number of anilines is 1. The number of hydrogen-bond acceptors (Lipinski definition) is 3. The van der Waals surface area contributed by atoms with E-state index in [9.17, 15) is 13.6 Å². The van der Waals surface area contributed by atoms with Crippen LogP contribution in [0.15, 0.2) is 36.5 Å². The molecule has 0 bridgehead atoms. The van der Waals surface area contributed by atoms with E-state index in [1.54, 1.807) is 24.4 Å². The summed E-state index contributed by atoms with van der Waals surface area (Å²) < 4.78 is 28.4. The average molecular weight is 295 g/mol. The van der Waals surface area contributed by atoms with Crippen molar-refractivity contribution in [1.29, 1.82) is 0 Å². The van der Waals surface area contributed by atoms with Gasteiger partial charge in [0.05, 0.1) is 18.7 Å². The molecule has 0 spiro atoms. The van der Waals surface area contributed by atoms with Crippen molar-refractivity contribution in [3.05, 3.63) is 36.5 Å². The summed E-state index contributed by atoms with van der Waals surface area (Å²) >= 11 is 0. The number of amides is 1. The van der Waals surface area contributed by atoms with Gasteiger partial charge in [-0.15, -0.1) is 0 Å². The molecule has 0 aliphatic carbocycles. The Labute approximate surface area is 120 Å². The second kappa shape index (κ2) is 7.49. The van der Waals surface area contributed by atoms with Crippen LogP contribution < -0.4 is 5.32 Å². The molecular weight excluding hydrogens is 280 g/mol. The maximum Gasteiger partial charge on any atom is 0.261 e. The molecule has 1 aromatic carbocycles. The highest BCUT2D eigenvalue weighted by atomic mass is 19.3. The molecule has 0 unspecified atom stereocenters. The van der Waals surface area contributed by atoms with Gasteiger partial charge in [-0.3, -0.25) is 9.89 Å². The Hall–Kier alpha value is -2.28. The molecule has 0 saturated heterocycles. The van der Waals surface area contributed by atoms with Crippen molar-refractivity contribution in [3.8, 4) is 11.3 Å². The molecule has 0 radical (unpaired) electrons. The first-order valence-corrected chi connectivity index (χ1v) is 6.40. The summed E-state index contributed by atoms with van der Waals surface area (Å²) in [5.41, 5.74) is 2.35. The Bertz CT molecular complexity index is 573. The lowest BCUT2D eigenvalue weighted by molar-refractivity contribution is -0.117. The maximum absolute atomic E-state index is 11.9. The molecule has 0 fully saturated rings. The average Bonchev–Trinajstić information content (AvgIpc) is 2.98. The third kappa shape index (κ3) is 4.96. The fourth-order valence-corrected chi connectivity index (χ4v) is 1.74. The molecular formula is C14H15F2N3O2. The summed E-state index contributed by atoms with van der Waals surface area (Å²) in [5.74, 6) is -0.286. The number of nitrogens with zero attached hydrogens (tertiary/aromatic N) is 1. The standard InChI is InChI=1S/C14H15F2N3O2/c15-13(16)9-21-7-5-14(20)18-11-3-1-2-10(8-11)12-4-6-17-19-12/h1-4,6,8,13H,5,7,9H2,(H,17,19)(H,18,20). The van der Waals surface area contributed by atoms with Crippen molar-refractivity contribution in [2.24, 2.45) is 0 Å². The Morgan fingerprint density at radius 3 is 2.95 bits per heavy atom. The van der Waals surface area contributed by atoms with Crippen LogP contribution in [-0.4, -0.2) is 35.7 Å². The SMILES string of the molecule is O=C(CCOCC(F)F)Nc1cccc(-c2ccn[nH]2)c1. The Morgan fingerprint density at radius 2 is 2.24 bits per heavy atom. The second-order valence-electron chi connectivity index (χ2n) is 4.32. The van der Waals surface area contributed by atoms with Gasteiger partial charge in [0.1, 0.15) is 6.61 Å². The van der Waals surface area contributed by atoms with Crippen LogP contribution in [0.2, 0.25) is 0 Å². The van der Waals surface area contributed by atoms with Crippen molar-refractivity contribution in [2.75, 3.05) is 18.5 Å². The second-order valence-corrected chi connectivity index (χ2v) is 4.32. The van der Waals surface area contributed by atoms with E-state index in [4.69, 9.17) is 0 Å². The van der Waals surface area contributed by atoms with Crippen LogP contribution in [0.1, 0.15) is 6.42 Å². The molecule has 21 heavy (non-hydrogen) atoms. The van der Waals surface area contributed by atoms with E-state index in [0.29, 0.717) is 5.69 Å². The number of rotatable bonds is 7. The highest BCUT2D eigenvalue weighted by Crippen LogP contribution is 2.20. The summed E-state index contributed by atoms with van der Waals surface area (Å²) in [6.07, 6.45) is -0.846. The van der Waals surface area contributed by atoms with Crippen molar-refractivity contribution in [1.82, 2.24) is 10.2 Å². The first-order valence-electron chi connectivity index (χ1n) is 6.40. The molecule has 5 nitrogen and oxygen atoms in total. The van der Waals surface area contributed by atoms with Crippen molar-refractivity contribution in [2.45, 2.75) is 12.8 Å². The minimum absolute atomic E-state index is 0.0288. The molecule has 1 amide bonds. The lowest BCUT2D eigenvalue weighted by Gasteiger charge is -2.07. The number of benzene rings is 1. The minimum atomic E-state index is -2.51. The van der Waals surface area contributed by atoms with E-state index in [0.717, 1.165) is 11.3 Å². The zero-order valence-electron chi connectivity index (χ0n) is 11.2. The van der Waals surface area contributed by atoms with Gasteiger partial charge in [0.2, 0.25) is 5.91 Å². The highest BCUT2D eigenvalue weighted by molar-refractivity contribution is 5.91. The molecule has 0 saturated carbocycles. The van der Waals surface area contributed by atoms with Crippen LogP contribution in [0.4, 0.5) is 14.5 Å². The first-order chi connectivity index (χ1) is 10.1. The number of alkyl halides is 2. The fourth-order valence-electron chi connectivity index (χ4n) is 1.74. The van der Waals surface area contributed by atoms with Crippen LogP contribution in [0.5, 0.6) is 0 Å². The summed E-state index contributed by atoms with van der Waals surface area (Å²) in [4.78, 5) is 11.7. The number of aromatic nitrogens is 2. The lowest BCUT2D eigenvalue weighted by Crippen LogP contribution is -2.15. The molecule has 2 rings (SSSR count). The van der Waals surface area contributed by atoms with Gasteiger partial charge in [-0.2, -0.15) is 5.10 Å². The van der Waals surface area contributed by atoms with E-state index in [1.165, 1.54) is 0 Å². The quantitative estimate of drug-likeness (QED) is 0.772. The predicted octanol–water partition coefficient (Wildman–Crippen LogP) is 2.69. The molecule has 2 N–H and O–H groups in total. The van der Waals surface area contributed by atoms with Gasteiger partial charge in [-0.1, -0.05) is 12.1 Å². The molecule has 0 aliphatic rings. The van der Waals surface area contributed by atoms with E-state index < -0.39 is 13.0 Å². The van der Waals surface area contributed by atoms with Gasteiger partial charge in [-0.05, 0) is 18.2 Å². The summed E-state index contributed by atoms with van der Waals surface area (Å²) in [7, 11) is 0. The van der Waals surface area contributed by atoms with E-state index in [1.807, 2.05) is 12.1 Å². The lowest BCUT2D eigenvalue weighted by atomic mass is 10.1. The molecule has 0 aliphatic heterocycles. The van der Waals surface area contributed by atoms with Crippen LogP contribution in [0.3, 0.4) is 0 Å². The highest BCUT2D eigenvalue weighted by Gasteiger charge is 2.06. The molecule has 1 heterocycles. The molecule has 1 aromatic heterocycles. The van der Waals surface area contributed by atoms with Gasteiger partial charge in [0.25, 0.3) is 6.43 Å². The number of carbonyl (C=O) groups is 1. The van der Waals surface area contributed by atoms with Crippen molar-refractivity contribution in [3.63, 3.8) is 0 Å². The number of halogens is 2. The van der Waals surface area contributed by atoms with Gasteiger partial charge in [0.15, 0.2) is 0 Å².